The lowest BCUT2D eigenvalue weighted by atomic mass is 10.1. The normalized spacial score (nSPS) is 11.8. The average Bonchev–Trinajstić information content (AvgIpc) is 2.43. The molecule has 0 saturated heterocycles. The molecule has 1 amide bonds. The molecule has 0 saturated carbocycles. The number of carbonyl (C=O) groups is 1. The van der Waals surface area contributed by atoms with Crippen molar-refractivity contribution in [3.05, 3.63) is 50.9 Å². The van der Waals surface area contributed by atoms with Crippen LogP contribution in [0.5, 0.6) is 0 Å². The Balaban J connectivity index is 2.20. The van der Waals surface area contributed by atoms with E-state index in [1.165, 1.54) is 6.92 Å². The van der Waals surface area contributed by atoms with Gasteiger partial charge in [0.1, 0.15) is 4.47 Å². The standard InChI is InChI=1S/C14H15BrN4O2/c1-8(17-12-7-16-19-14(21)13(12)15)10-4-3-5-11(6-10)18-9(2)20/h3-8H,1-2H3,(H,18,20)(H2,17,19,21). The van der Waals surface area contributed by atoms with E-state index in [0.29, 0.717) is 10.2 Å². The molecule has 2 rings (SSSR count). The molecule has 1 unspecified atom stereocenters. The fourth-order valence-corrected chi connectivity index (χ4v) is 2.20. The van der Waals surface area contributed by atoms with Crippen LogP contribution in [0.2, 0.25) is 0 Å². The largest absolute Gasteiger partial charge is 0.376 e. The Labute approximate surface area is 130 Å². The summed E-state index contributed by atoms with van der Waals surface area (Å²) in [6.07, 6.45) is 1.54. The SMILES string of the molecule is CC(=O)Nc1cccc(C(C)Nc2cn[nH]c(=O)c2Br)c1. The van der Waals surface area contributed by atoms with Gasteiger partial charge in [0.05, 0.1) is 11.9 Å². The molecule has 6 nitrogen and oxygen atoms in total. The van der Waals surface area contributed by atoms with Crippen LogP contribution in [0, 0.1) is 0 Å². The Morgan fingerprint density at radius 1 is 1.43 bits per heavy atom. The minimum atomic E-state index is -0.292. The Bertz CT molecular complexity index is 714. The second-order valence-corrected chi connectivity index (χ2v) is 5.39. The van der Waals surface area contributed by atoms with Gasteiger partial charge in [-0.2, -0.15) is 5.10 Å². The van der Waals surface area contributed by atoms with Crippen LogP contribution in [0.25, 0.3) is 0 Å². The predicted molar refractivity (Wildman–Crippen MR) is 85.3 cm³/mol. The summed E-state index contributed by atoms with van der Waals surface area (Å²) in [4.78, 5) is 22.6. The minimum absolute atomic E-state index is 0.0568. The third-order valence-corrected chi connectivity index (χ3v) is 3.66. The molecule has 0 bridgehead atoms. The van der Waals surface area contributed by atoms with E-state index >= 15 is 0 Å². The first-order valence-electron chi connectivity index (χ1n) is 6.34. The molecule has 110 valence electrons. The van der Waals surface area contributed by atoms with Crippen LogP contribution in [0.4, 0.5) is 11.4 Å². The van der Waals surface area contributed by atoms with Crippen LogP contribution >= 0.6 is 15.9 Å². The number of rotatable bonds is 4. The molecule has 1 atom stereocenters. The summed E-state index contributed by atoms with van der Waals surface area (Å²) < 4.78 is 0.405. The minimum Gasteiger partial charge on any atom is -0.376 e. The molecule has 0 aliphatic rings. The zero-order chi connectivity index (χ0) is 15.4. The van der Waals surface area contributed by atoms with Gasteiger partial charge >= 0.3 is 0 Å². The van der Waals surface area contributed by atoms with Crippen molar-refractivity contribution in [3.63, 3.8) is 0 Å². The van der Waals surface area contributed by atoms with Gasteiger partial charge < -0.3 is 10.6 Å². The quantitative estimate of drug-likeness (QED) is 0.790. The third-order valence-electron chi connectivity index (χ3n) is 2.87. The molecule has 3 N–H and O–H groups in total. The van der Waals surface area contributed by atoms with E-state index < -0.39 is 0 Å². The molecule has 2 aromatic rings. The number of hydrogen-bond donors (Lipinski definition) is 3. The predicted octanol–water partition coefficient (Wildman–Crippen LogP) is 2.66. The topological polar surface area (TPSA) is 86.9 Å². The van der Waals surface area contributed by atoms with Crippen molar-refractivity contribution in [2.75, 3.05) is 10.6 Å². The molecule has 1 aromatic carbocycles. The Hall–Kier alpha value is -2.15. The summed E-state index contributed by atoms with van der Waals surface area (Å²) in [5.74, 6) is -0.116. The number of H-pyrrole nitrogens is 1. The lowest BCUT2D eigenvalue weighted by Gasteiger charge is -2.17. The molecular weight excluding hydrogens is 336 g/mol. The Morgan fingerprint density at radius 3 is 2.90 bits per heavy atom. The zero-order valence-electron chi connectivity index (χ0n) is 11.6. The van der Waals surface area contributed by atoms with Crippen molar-refractivity contribution < 1.29 is 4.79 Å². The van der Waals surface area contributed by atoms with E-state index in [1.807, 2.05) is 31.2 Å². The number of aromatic nitrogens is 2. The highest BCUT2D eigenvalue weighted by Crippen LogP contribution is 2.24. The van der Waals surface area contributed by atoms with Gasteiger partial charge in [0.15, 0.2) is 0 Å². The van der Waals surface area contributed by atoms with Crippen molar-refractivity contribution in [1.82, 2.24) is 10.2 Å². The maximum absolute atomic E-state index is 11.5. The number of benzene rings is 1. The summed E-state index contributed by atoms with van der Waals surface area (Å²) in [6, 6.07) is 7.45. The fraction of sp³-hybridized carbons (Fsp3) is 0.214. The van der Waals surface area contributed by atoms with Gasteiger partial charge in [0, 0.05) is 18.7 Å². The molecule has 0 spiro atoms. The number of halogens is 1. The summed E-state index contributed by atoms with van der Waals surface area (Å²) in [7, 11) is 0. The van der Waals surface area contributed by atoms with Gasteiger partial charge in [-0.25, -0.2) is 5.10 Å². The van der Waals surface area contributed by atoms with Crippen molar-refractivity contribution in [2.45, 2.75) is 19.9 Å². The smallest absolute Gasteiger partial charge is 0.280 e. The van der Waals surface area contributed by atoms with Gasteiger partial charge in [-0.3, -0.25) is 9.59 Å². The average molecular weight is 351 g/mol. The van der Waals surface area contributed by atoms with Gasteiger partial charge in [0.2, 0.25) is 5.91 Å². The number of aromatic amines is 1. The number of hydrogen-bond acceptors (Lipinski definition) is 4. The first kappa shape index (κ1) is 15.2. The number of anilines is 2. The van der Waals surface area contributed by atoms with Crippen LogP contribution in [0.3, 0.4) is 0 Å². The Kier molecular flexibility index (Phi) is 4.74. The molecule has 1 aromatic heterocycles. The maximum atomic E-state index is 11.5. The van der Waals surface area contributed by atoms with Crippen molar-refractivity contribution >= 4 is 33.2 Å². The summed E-state index contributed by atoms with van der Waals surface area (Å²) in [5.41, 5.74) is 2.03. The number of nitrogens with one attached hydrogen (secondary N) is 3. The van der Waals surface area contributed by atoms with Gasteiger partial charge in [-0.05, 0) is 40.5 Å². The molecule has 0 aliphatic carbocycles. The van der Waals surface area contributed by atoms with Crippen molar-refractivity contribution in [3.8, 4) is 0 Å². The highest BCUT2D eigenvalue weighted by molar-refractivity contribution is 9.10. The van der Waals surface area contributed by atoms with E-state index in [4.69, 9.17) is 0 Å². The Morgan fingerprint density at radius 2 is 2.19 bits per heavy atom. The van der Waals surface area contributed by atoms with E-state index in [2.05, 4.69) is 36.8 Å². The van der Waals surface area contributed by atoms with E-state index in [9.17, 15) is 9.59 Å². The monoisotopic (exact) mass is 350 g/mol. The zero-order valence-corrected chi connectivity index (χ0v) is 13.2. The third kappa shape index (κ3) is 3.91. The highest BCUT2D eigenvalue weighted by atomic mass is 79.9. The summed E-state index contributed by atoms with van der Waals surface area (Å²) >= 11 is 3.23. The lowest BCUT2D eigenvalue weighted by Crippen LogP contribution is -2.14. The molecule has 0 aliphatic heterocycles. The van der Waals surface area contributed by atoms with Crippen LogP contribution in [-0.2, 0) is 4.79 Å². The van der Waals surface area contributed by atoms with Crippen LogP contribution in [-0.4, -0.2) is 16.1 Å². The van der Waals surface area contributed by atoms with Crippen LogP contribution in [0.15, 0.2) is 39.7 Å². The second-order valence-electron chi connectivity index (χ2n) is 4.60. The van der Waals surface area contributed by atoms with Crippen LogP contribution < -0.4 is 16.2 Å². The first-order valence-corrected chi connectivity index (χ1v) is 7.14. The molecule has 1 heterocycles. The van der Waals surface area contributed by atoms with Gasteiger partial charge in [-0.1, -0.05) is 12.1 Å². The molecule has 7 heteroatoms. The number of amides is 1. The van der Waals surface area contributed by atoms with Crippen molar-refractivity contribution in [1.29, 1.82) is 0 Å². The molecular formula is C14H15BrN4O2. The number of carbonyl (C=O) groups excluding carboxylic acids is 1. The summed E-state index contributed by atoms with van der Waals surface area (Å²) in [6.45, 7) is 3.42. The highest BCUT2D eigenvalue weighted by Gasteiger charge is 2.10. The number of nitrogens with zero attached hydrogens (tertiary/aromatic N) is 1. The molecule has 0 radical (unpaired) electrons. The second kappa shape index (κ2) is 6.53. The molecule has 0 fully saturated rings. The fourth-order valence-electron chi connectivity index (χ4n) is 1.89. The van der Waals surface area contributed by atoms with Gasteiger partial charge in [0.25, 0.3) is 5.56 Å². The maximum Gasteiger partial charge on any atom is 0.280 e. The van der Waals surface area contributed by atoms with E-state index in [0.717, 1.165) is 11.3 Å². The molecule has 21 heavy (non-hydrogen) atoms. The first-order chi connectivity index (χ1) is 9.97. The van der Waals surface area contributed by atoms with E-state index in [-0.39, 0.29) is 17.5 Å². The lowest BCUT2D eigenvalue weighted by molar-refractivity contribution is -0.114. The summed E-state index contributed by atoms with van der Waals surface area (Å²) in [5, 5.41) is 12.1. The van der Waals surface area contributed by atoms with Gasteiger partial charge in [-0.15, -0.1) is 0 Å². The van der Waals surface area contributed by atoms with Crippen molar-refractivity contribution in [2.24, 2.45) is 0 Å². The van der Waals surface area contributed by atoms with E-state index in [1.54, 1.807) is 6.20 Å². The van der Waals surface area contributed by atoms with Crippen LogP contribution in [0.1, 0.15) is 25.5 Å².